The Morgan fingerprint density at radius 3 is 2.64 bits per heavy atom. The van der Waals surface area contributed by atoms with Gasteiger partial charge in [0.1, 0.15) is 10.7 Å². The Hall–Kier alpha value is -1.36. The Morgan fingerprint density at radius 2 is 2.21 bits per heavy atom. The van der Waals surface area contributed by atoms with Crippen LogP contribution in [-0.4, -0.2) is 11.5 Å². The van der Waals surface area contributed by atoms with Gasteiger partial charge >= 0.3 is 5.88 Å². The maximum Gasteiger partial charge on any atom is 0.433 e. The van der Waals surface area contributed by atoms with E-state index in [1.54, 1.807) is 6.07 Å². The summed E-state index contributed by atoms with van der Waals surface area (Å²) in [7, 11) is 0. The molecule has 0 saturated heterocycles. The third-order valence-corrected chi connectivity index (χ3v) is 2.21. The maximum atomic E-state index is 10.4. The highest BCUT2D eigenvalue weighted by Crippen LogP contribution is 2.30. The maximum absolute atomic E-state index is 10.4. The lowest BCUT2D eigenvalue weighted by molar-refractivity contribution is -0.402. The zero-order chi connectivity index (χ0) is 10.8. The van der Waals surface area contributed by atoms with Gasteiger partial charge in [0.2, 0.25) is 0 Å². The molecule has 78 valence electrons. The lowest BCUT2D eigenvalue weighted by Crippen LogP contribution is -2.20. The van der Waals surface area contributed by atoms with Crippen molar-refractivity contribution < 1.29 is 9.34 Å². The van der Waals surface area contributed by atoms with Gasteiger partial charge in [-0.05, 0) is 19.0 Å². The molecule has 0 aliphatic carbocycles. The van der Waals surface area contributed by atoms with Gasteiger partial charge in [0.25, 0.3) is 0 Å². The smallest absolute Gasteiger partial charge is 0.405 e. The minimum absolute atomic E-state index is 0.218. The second-order valence-corrected chi connectivity index (χ2v) is 3.82. The molecule has 5 nitrogen and oxygen atoms in total. The summed E-state index contributed by atoms with van der Waals surface area (Å²) < 4.78 is 5.11. The van der Waals surface area contributed by atoms with Gasteiger partial charge in [0.15, 0.2) is 0 Å². The topological polar surface area (TPSA) is 82.3 Å². The van der Waals surface area contributed by atoms with Crippen LogP contribution in [0.3, 0.4) is 0 Å². The van der Waals surface area contributed by atoms with E-state index >= 15 is 0 Å². The molecule has 1 heterocycles. The minimum Gasteiger partial charge on any atom is -0.405 e. The number of nitrogens with zero attached hydrogens (tertiary/aromatic N) is 1. The van der Waals surface area contributed by atoms with Crippen LogP contribution in [0.2, 0.25) is 0 Å². The average molecular weight is 198 g/mol. The molecule has 0 unspecified atom stereocenters. The highest BCUT2D eigenvalue weighted by molar-refractivity contribution is 5.22. The van der Waals surface area contributed by atoms with Crippen molar-refractivity contribution in [1.29, 1.82) is 0 Å². The number of hydrogen-bond acceptors (Lipinski definition) is 4. The Balaban J connectivity index is 2.90. The lowest BCUT2D eigenvalue weighted by atomic mass is 9.87. The van der Waals surface area contributed by atoms with Crippen LogP contribution < -0.4 is 5.73 Å². The summed E-state index contributed by atoms with van der Waals surface area (Å²) in [5.74, 6) is 0.389. The molecule has 0 saturated carbocycles. The van der Waals surface area contributed by atoms with Crippen molar-refractivity contribution in [2.24, 2.45) is 5.73 Å². The van der Waals surface area contributed by atoms with Crippen molar-refractivity contribution in [1.82, 2.24) is 0 Å². The Labute approximate surface area is 82.0 Å². The zero-order valence-electron chi connectivity index (χ0n) is 8.32. The summed E-state index contributed by atoms with van der Waals surface area (Å²) in [5.41, 5.74) is 5.20. The molecule has 1 rings (SSSR count). The van der Waals surface area contributed by atoms with E-state index in [0.29, 0.717) is 12.3 Å². The van der Waals surface area contributed by atoms with Crippen molar-refractivity contribution in [2.75, 3.05) is 6.54 Å². The molecule has 0 radical (unpaired) electrons. The fourth-order valence-electron chi connectivity index (χ4n) is 1.27. The molecule has 0 aromatic carbocycles. The largest absolute Gasteiger partial charge is 0.433 e. The monoisotopic (exact) mass is 198 g/mol. The van der Waals surface area contributed by atoms with Gasteiger partial charge in [-0.25, -0.2) is 0 Å². The first-order chi connectivity index (χ1) is 6.47. The fraction of sp³-hybridized carbons (Fsp3) is 0.556. The second kappa shape index (κ2) is 3.79. The Bertz CT molecular complexity index is 331. The average Bonchev–Trinajstić information content (AvgIpc) is 2.51. The highest BCUT2D eigenvalue weighted by atomic mass is 16.6. The van der Waals surface area contributed by atoms with Gasteiger partial charge < -0.3 is 10.2 Å². The van der Waals surface area contributed by atoms with E-state index in [2.05, 4.69) is 0 Å². The summed E-state index contributed by atoms with van der Waals surface area (Å²) in [6.07, 6.45) is 0.734. The van der Waals surface area contributed by atoms with Gasteiger partial charge in [0.05, 0.1) is 6.07 Å². The standard InChI is InChI=1S/C9H14N2O3/c1-9(2,5-6-10)7-3-4-8(14-7)11(12)13/h3-4H,5-6,10H2,1-2H3. The Kier molecular flexibility index (Phi) is 2.90. The van der Waals surface area contributed by atoms with E-state index in [9.17, 15) is 10.1 Å². The summed E-state index contributed by atoms with van der Waals surface area (Å²) in [6.45, 7) is 4.42. The molecule has 1 aromatic rings. The third kappa shape index (κ3) is 2.11. The van der Waals surface area contributed by atoms with Gasteiger partial charge in [-0.3, -0.25) is 10.1 Å². The summed E-state index contributed by atoms with van der Waals surface area (Å²) >= 11 is 0. The molecule has 0 fully saturated rings. The Morgan fingerprint density at radius 1 is 1.57 bits per heavy atom. The quantitative estimate of drug-likeness (QED) is 0.590. The van der Waals surface area contributed by atoms with Crippen LogP contribution in [0.25, 0.3) is 0 Å². The van der Waals surface area contributed by atoms with Crippen molar-refractivity contribution in [3.63, 3.8) is 0 Å². The SMILES string of the molecule is CC(C)(CCN)c1ccc([N+](=O)[O-])o1. The summed E-state index contributed by atoms with van der Waals surface area (Å²) in [5, 5.41) is 10.4. The number of furan rings is 1. The van der Waals surface area contributed by atoms with Crippen LogP contribution in [0, 0.1) is 10.1 Å². The first-order valence-corrected chi connectivity index (χ1v) is 4.42. The number of nitrogens with two attached hydrogens (primary N) is 1. The predicted octanol–water partition coefficient (Wildman–Crippen LogP) is 1.81. The van der Waals surface area contributed by atoms with Crippen LogP contribution in [0.15, 0.2) is 16.5 Å². The van der Waals surface area contributed by atoms with Crippen molar-refractivity contribution in [2.45, 2.75) is 25.7 Å². The van der Waals surface area contributed by atoms with E-state index in [1.165, 1.54) is 6.07 Å². The summed E-state index contributed by atoms with van der Waals surface area (Å²) in [6, 6.07) is 3.00. The fourth-order valence-corrected chi connectivity index (χ4v) is 1.27. The van der Waals surface area contributed by atoms with Crippen molar-refractivity contribution >= 4 is 5.88 Å². The summed E-state index contributed by atoms with van der Waals surface area (Å²) in [4.78, 5) is 9.85. The molecule has 0 spiro atoms. The third-order valence-electron chi connectivity index (χ3n) is 2.21. The number of rotatable bonds is 4. The molecule has 0 bridgehead atoms. The molecular formula is C9H14N2O3. The molecule has 1 aromatic heterocycles. The molecule has 5 heteroatoms. The van der Waals surface area contributed by atoms with Gasteiger partial charge in [-0.15, -0.1) is 0 Å². The normalized spacial score (nSPS) is 11.6. The molecule has 0 atom stereocenters. The van der Waals surface area contributed by atoms with Gasteiger partial charge in [-0.1, -0.05) is 13.8 Å². The number of nitro groups is 1. The second-order valence-electron chi connectivity index (χ2n) is 3.82. The van der Waals surface area contributed by atoms with Crippen LogP contribution in [0.1, 0.15) is 26.0 Å². The van der Waals surface area contributed by atoms with Crippen molar-refractivity contribution in [3.8, 4) is 0 Å². The lowest BCUT2D eigenvalue weighted by Gasteiger charge is -2.20. The van der Waals surface area contributed by atoms with Gasteiger partial charge in [-0.2, -0.15) is 0 Å². The van der Waals surface area contributed by atoms with E-state index in [4.69, 9.17) is 10.2 Å². The molecule has 0 aliphatic heterocycles. The molecular weight excluding hydrogens is 184 g/mol. The van der Waals surface area contributed by atoms with Crippen LogP contribution >= 0.6 is 0 Å². The molecule has 14 heavy (non-hydrogen) atoms. The van der Waals surface area contributed by atoms with Crippen LogP contribution in [-0.2, 0) is 5.41 Å². The van der Waals surface area contributed by atoms with E-state index < -0.39 is 4.92 Å². The van der Waals surface area contributed by atoms with E-state index in [-0.39, 0.29) is 11.3 Å². The van der Waals surface area contributed by atoms with Crippen molar-refractivity contribution in [3.05, 3.63) is 28.0 Å². The predicted molar refractivity (Wildman–Crippen MR) is 52.1 cm³/mol. The zero-order valence-corrected chi connectivity index (χ0v) is 8.32. The van der Waals surface area contributed by atoms with Crippen LogP contribution in [0.5, 0.6) is 0 Å². The first kappa shape index (κ1) is 10.7. The van der Waals surface area contributed by atoms with Gasteiger partial charge in [0, 0.05) is 5.41 Å². The molecule has 0 aliphatic rings. The highest BCUT2D eigenvalue weighted by Gasteiger charge is 2.25. The van der Waals surface area contributed by atoms with E-state index in [1.807, 2.05) is 13.8 Å². The first-order valence-electron chi connectivity index (χ1n) is 4.42. The number of hydrogen-bond donors (Lipinski definition) is 1. The van der Waals surface area contributed by atoms with E-state index in [0.717, 1.165) is 6.42 Å². The van der Waals surface area contributed by atoms with Crippen LogP contribution in [0.4, 0.5) is 5.88 Å². The molecule has 2 N–H and O–H groups in total. The molecule has 0 amide bonds. The minimum atomic E-state index is -0.540.